The minimum absolute atomic E-state index is 0.219. The Balaban J connectivity index is 1.34. The molecule has 8 nitrogen and oxygen atoms in total. The van der Waals surface area contributed by atoms with Crippen LogP contribution in [-0.2, 0) is 9.84 Å². The molecule has 0 amide bonds. The molecule has 1 aliphatic rings. The largest absolute Gasteiger partial charge is 0.385 e. The number of sulfone groups is 1. The predicted octanol–water partition coefficient (Wildman–Crippen LogP) is 5.83. The standard InChI is InChI=1S/C28H31N5O3S/c1-18(2)37(34,35)23-13-9-21(10-14-23)25-17-31-28(29)27(32-25)26-15-24(33-36-26)20-7-11-22(12-8-20)30-16-19-5-3-4-6-19/h7-15,17-19,30H,3-6,16H2,1-2H3,(H2,29,31). The van der Waals surface area contributed by atoms with Gasteiger partial charge in [-0.3, -0.25) is 0 Å². The second-order valence-corrected chi connectivity index (χ2v) is 12.3. The third-order valence-electron chi connectivity index (χ3n) is 6.89. The first-order valence-corrected chi connectivity index (χ1v) is 14.1. The maximum Gasteiger partial charge on any atom is 0.189 e. The van der Waals surface area contributed by atoms with Crippen LogP contribution in [0.5, 0.6) is 0 Å². The summed E-state index contributed by atoms with van der Waals surface area (Å²) in [6.07, 6.45) is 6.86. The van der Waals surface area contributed by atoms with Crippen molar-refractivity contribution in [3.05, 3.63) is 60.8 Å². The molecule has 1 saturated carbocycles. The first-order chi connectivity index (χ1) is 17.8. The Morgan fingerprint density at radius 2 is 1.65 bits per heavy atom. The van der Waals surface area contributed by atoms with Gasteiger partial charge < -0.3 is 15.6 Å². The number of nitrogen functional groups attached to an aromatic ring is 1. The molecule has 37 heavy (non-hydrogen) atoms. The van der Waals surface area contributed by atoms with Gasteiger partial charge in [-0.1, -0.05) is 42.3 Å². The summed E-state index contributed by atoms with van der Waals surface area (Å²) in [6.45, 7) is 4.34. The van der Waals surface area contributed by atoms with Crippen LogP contribution in [0.4, 0.5) is 11.5 Å². The first kappa shape index (κ1) is 25.0. The van der Waals surface area contributed by atoms with Crippen LogP contribution < -0.4 is 11.1 Å². The number of hydrogen-bond donors (Lipinski definition) is 2. The first-order valence-electron chi connectivity index (χ1n) is 12.6. The summed E-state index contributed by atoms with van der Waals surface area (Å²) in [7, 11) is -3.35. The van der Waals surface area contributed by atoms with E-state index in [2.05, 4.69) is 32.6 Å². The molecule has 2 aromatic carbocycles. The Morgan fingerprint density at radius 3 is 2.32 bits per heavy atom. The third-order valence-corrected chi connectivity index (χ3v) is 9.06. The highest BCUT2D eigenvalue weighted by Gasteiger charge is 2.20. The summed E-state index contributed by atoms with van der Waals surface area (Å²) in [6, 6.07) is 16.5. The zero-order valence-corrected chi connectivity index (χ0v) is 21.8. The highest BCUT2D eigenvalue weighted by molar-refractivity contribution is 7.92. The molecule has 0 radical (unpaired) electrons. The average Bonchev–Trinajstić information content (AvgIpc) is 3.61. The summed E-state index contributed by atoms with van der Waals surface area (Å²) < 4.78 is 30.4. The molecular formula is C28H31N5O3S. The zero-order chi connectivity index (χ0) is 26.0. The van der Waals surface area contributed by atoms with Crippen LogP contribution in [0.2, 0.25) is 0 Å². The van der Waals surface area contributed by atoms with E-state index in [1.807, 2.05) is 12.1 Å². The lowest BCUT2D eigenvalue weighted by atomic mass is 10.1. The number of nitrogens with one attached hydrogen (secondary N) is 1. The van der Waals surface area contributed by atoms with Crippen LogP contribution in [0.15, 0.2) is 70.2 Å². The van der Waals surface area contributed by atoms with E-state index in [4.69, 9.17) is 10.3 Å². The molecule has 9 heteroatoms. The lowest BCUT2D eigenvalue weighted by molar-refractivity contribution is 0.434. The summed E-state index contributed by atoms with van der Waals surface area (Å²) in [5, 5.41) is 7.25. The summed E-state index contributed by atoms with van der Waals surface area (Å²) >= 11 is 0. The van der Waals surface area contributed by atoms with Gasteiger partial charge in [0.1, 0.15) is 5.69 Å². The second kappa shape index (κ2) is 10.3. The van der Waals surface area contributed by atoms with Gasteiger partial charge in [0.2, 0.25) is 0 Å². The van der Waals surface area contributed by atoms with Gasteiger partial charge in [0.05, 0.1) is 22.0 Å². The van der Waals surface area contributed by atoms with Gasteiger partial charge in [0.25, 0.3) is 0 Å². The van der Waals surface area contributed by atoms with Crippen LogP contribution >= 0.6 is 0 Å². The van der Waals surface area contributed by atoms with Crippen molar-refractivity contribution in [3.63, 3.8) is 0 Å². The van der Waals surface area contributed by atoms with Crippen molar-refractivity contribution in [3.8, 4) is 34.0 Å². The fourth-order valence-electron chi connectivity index (χ4n) is 4.56. The summed E-state index contributed by atoms with van der Waals surface area (Å²) in [5.74, 6) is 1.40. The van der Waals surface area contributed by atoms with Crippen molar-refractivity contribution in [2.45, 2.75) is 49.7 Å². The zero-order valence-electron chi connectivity index (χ0n) is 21.0. The second-order valence-electron chi connectivity index (χ2n) is 9.79. The van der Waals surface area contributed by atoms with Gasteiger partial charge in [-0.15, -0.1) is 0 Å². The smallest absolute Gasteiger partial charge is 0.189 e. The van der Waals surface area contributed by atoms with E-state index >= 15 is 0 Å². The van der Waals surface area contributed by atoms with Gasteiger partial charge in [-0.25, -0.2) is 18.4 Å². The number of hydrogen-bond acceptors (Lipinski definition) is 8. The van der Waals surface area contributed by atoms with Crippen LogP contribution in [0.3, 0.4) is 0 Å². The molecule has 4 aromatic rings. The van der Waals surface area contributed by atoms with Crippen molar-refractivity contribution < 1.29 is 12.9 Å². The molecule has 0 unspecified atom stereocenters. The van der Waals surface area contributed by atoms with E-state index in [0.29, 0.717) is 22.8 Å². The quantitative estimate of drug-likeness (QED) is 0.299. The van der Waals surface area contributed by atoms with Gasteiger partial charge in [-0.05, 0) is 56.9 Å². The fourth-order valence-corrected chi connectivity index (χ4v) is 5.62. The number of rotatable bonds is 8. The van der Waals surface area contributed by atoms with E-state index in [-0.39, 0.29) is 10.7 Å². The van der Waals surface area contributed by atoms with Gasteiger partial charge in [0, 0.05) is 29.4 Å². The topological polar surface area (TPSA) is 124 Å². The lowest BCUT2D eigenvalue weighted by Crippen LogP contribution is -2.13. The molecule has 2 heterocycles. The number of nitrogens with zero attached hydrogens (tertiary/aromatic N) is 3. The van der Waals surface area contributed by atoms with Crippen molar-refractivity contribution in [1.82, 2.24) is 15.1 Å². The third kappa shape index (κ3) is 5.36. The van der Waals surface area contributed by atoms with Crippen molar-refractivity contribution in [2.75, 3.05) is 17.6 Å². The molecule has 3 N–H and O–H groups in total. The molecule has 0 atom stereocenters. The van der Waals surface area contributed by atoms with Crippen molar-refractivity contribution >= 4 is 21.3 Å². The molecule has 0 spiro atoms. The highest BCUT2D eigenvalue weighted by Crippen LogP contribution is 2.31. The molecule has 1 fully saturated rings. The normalized spacial score (nSPS) is 14.4. The Morgan fingerprint density at radius 1 is 1.00 bits per heavy atom. The maximum atomic E-state index is 12.4. The van der Waals surface area contributed by atoms with Gasteiger partial charge in [-0.2, -0.15) is 0 Å². The van der Waals surface area contributed by atoms with Crippen molar-refractivity contribution in [2.24, 2.45) is 5.92 Å². The molecule has 2 aromatic heterocycles. The summed E-state index contributed by atoms with van der Waals surface area (Å²) in [5.41, 5.74) is 10.5. The molecular weight excluding hydrogens is 486 g/mol. The Hall–Kier alpha value is -3.72. The van der Waals surface area contributed by atoms with Crippen LogP contribution in [0, 0.1) is 5.92 Å². The average molecular weight is 518 g/mol. The Labute approximate surface area is 217 Å². The van der Waals surface area contributed by atoms with Crippen molar-refractivity contribution in [1.29, 1.82) is 0 Å². The number of aromatic nitrogens is 3. The highest BCUT2D eigenvalue weighted by atomic mass is 32.2. The molecule has 0 saturated heterocycles. The number of nitrogens with two attached hydrogens (primary N) is 1. The minimum Gasteiger partial charge on any atom is -0.385 e. The monoisotopic (exact) mass is 517 g/mol. The number of benzene rings is 2. The Kier molecular flexibility index (Phi) is 6.97. The van der Waals surface area contributed by atoms with Crippen LogP contribution in [-0.4, -0.2) is 35.3 Å². The lowest BCUT2D eigenvalue weighted by Gasteiger charge is -2.11. The SMILES string of the molecule is CC(C)S(=O)(=O)c1ccc(-c2cnc(N)c(-c3cc(-c4ccc(NCC5CCCC5)cc4)no3)n2)cc1. The molecule has 0 aliphatic heterocycles. The van der Waals surface area contributed by atoms with E-state index in [1.54, 1.807) is 50.4 Å². The maximum absolute atomic E-state index is 12.4. The fraction of sp³-hybridized carbons (Fsp3) is 0.321. The number of anilines is 2. The van der Waals surface area contributed by atoms with Crippen LogP contribution in [0.1, 0.15) is 39.5 Å². The van der Waals surface area contributed by atoms with E-state index in [9.17, 15) is 8.42 Å². The van der Waals surface area contributed by atoms with E-state index < -0.39 is 15.1 Å². The van der Waals surface area contributed by atoms with E-state index in [1.165, 1.54) is 25.7 Å². The molecule has 5 rings (SSSR count). The molecule has 0 bridgehead atoms. The minimum atomic E-state index is -3.35. The molecule has 1 aliphatic carbocycles. The Bertz CT molecular complexity index is 1470. The van der Waals surface area contributed by atoms with Crippen LogP contribution in [0.25, 0.3) is 34.0 Å². The molecule has 192 valence electrons. The summed E-state index contributed by atoms with van der Waals surface area (Å²) in [4.78, 5) is 9.19. The van der Waals surface area contributed by atoms with E-state index in [0.717, 1.165) is 29.3 Å². The van der Waals surface area contributed by atoms with Gasteiger partial charge >= 0.3 is 0 Å². The van der Waals surface area contributed by atoms with Gasteiger partial charge in [0.15, 0.2) is 27.1 Å². The predicted molar refractivity (Wildman–Crippen MR) is 146 cm³/mol.